The lowest BCUT2D eigenvalue weighted by Gasteiger charge is -2.13. The molecule has 3 aromatic rings. The fraction of sp³-hybridized carbons (Fsp3) is 0.389. The van der Waals surface area contributed by atoms with Crippen LogP contribution in [-0.4, -0.2) is 26.3 Å². The second-order valence-corrected chi connectivity index (χ2v) is 6.69. The van der Waals surface area contributed by atoms with Gasteiger partial charge in [-0.2, -0.15) is 5.10 Å². The molecule has 5 nitrogen and oxygen atoms in total. The van der Waals surface area contributed by atoms with Crippen molar-refractivity contribution in [1.82, 2.24) is 19.7 Å². The van der Waals surface area contributed by atoms with Crippen LogP contribution in [0, 0.1) is 5.82 Å². The van der Waals surface area contributed by atoms with Crippen LogP contribution in [0.5, 0.6) is 0 Å². The van der Waals surface area contributed by atoms with Crippen molar-refractivity contribution in [3.05, 3.63) is 47.8 Å². The third-order valence-corrected chi connectivity index (χ3v) is 5.31. The molecule has 3 heterocycles. The number of aromatic nitrogens is 4. The molecular weight excluding hydrogens is 305 g/mol. The smallest absolute Gasteiger partial charge is 0.161 e. The van der Waals surface area contributed by atoms with Crippen LogP contribution >= 0.6 is 0 Å². The quantitative estimate of drug-likeness (QED) is 0.782. The molecule has 122 valence electrons. The summed E-state index contributed by atoms with van der Waals surface area (Å²) in [5.74, 6) is -0.115. The first-order valence-corrected chi connectivity index (χ1v) is 8.52. The Morgan fingerprint density at radius 3 is 2.92 bits per heavy atom. The summed E-state index contributed by atoms with van der Waals surface area (Å²) in [6.07, 6.45) is 8.38. The molecule has 0 bridgehead atoms. The molecule has 1 fully saturated rings. The molecule has 6 heteroatoms. The zero-order chi connectivity index (χ0) is 16.1. The number of benzene rings is 1. The van der Waals surface area contributed by atoms with Crippen LogP contribution in [0.4, 0.5) is 10.1 Å². The minimum Gasteiger partial charge on any atom is -0.384 e. The molecule has 1 aliphatic heterocycles. The third-order valence-electron chi connectivity index (χ3n) is 5.31. The summed E-state index contributed by atoms with van der Waals surface area (Å²) in [4.78, 5) is 9.05. The summed E-state index contributed by atoms with van der Waals surface area (Å²) in [7, 11) is 0. The number of halogens is 1. The highest BCUT2D eigenvalue weighted by Gasteiger charge is 2.29. The predicted molar refractivity (Wildman–Crippen MR) is 89.6 cm³/mol. The van der Waals surface area contributed by atoms with Crippen LogP contribution in [0.2, 0.25) is 0 Å². The van der Waals surface area contributed by atoms with E-state index in [-0.39, 0.29) is 11.7 Å². The Morgan fingerprint density at radius 2 is 2.04 bits per heavy atom. The number of rotatable bonds is 2. The Labute approximate surface area is 138 Å². The van der Waals surface area contributed by atoms with E-state index in [0.29, 0.717) is 6.04 Å². The SMILES string of the molecule is Fc1ccc2c(c1)NCC2c1ncnc2c1cnn2C1CCCC1. The van der Waals surface area contributed by atoms with Crippen LogP contribution in [0.15, 0.2) is 30.7 Å². The summed E-state index contributed by atoms with van der Waals surface area (Å²) in [5.41, 5.74) is 3.84. The van der Waals surface area contributed by atoms with Gasteiger partial charge in [0.1, 0.15) is 12.1 Å². The van der Waals surface area contributed by atoms with Gasteiger partial charge >= 0.3 is 0 Å². The molecule has 1 N–H and O–H groups in total. The molecule has 5 rings (SSSR count). The number of anilines is 1. The summed E-state index contributed by atoms with van der Waals surface area (Å²) in [6.45, 7) is 0.722. The van der Waals surface area contributed by atoms with E-state index < -0.39 is 0 Å². The molecule has 1 unspecified atom stereocenters. The largest absolute Gasteiger partial charge is 0.384 e. The molecule has 1 aromatic carbocycles. The highest BCUT2D eigenvalue weighted by atomic mass is 19.1. The first-order valence-electron chi connectivity index (χ1n) is 8.52. The van der Waals surface area contributed by atoms with Gasteiger partial charge in [-0.3, -0.25) is 0 Å². The van der Waals surface area contributed by atoms with E-state index in [1.807, 2.05) is 12.3 Å². The maximum Gasteiger partial charge on any atom is 0.161 e. The minimum atomic E-state index is -0.219. The van der Waals surface area contributed by atoms with Gasteiger partial charge in [-0.15, -0.1) is 0 Å². The van der Waals surface area contributed by atoms with Crippen molar-refractivity contribution in [1.29, 1.82) is 0 Å². The van der Waals surface area contributed by atoms with Gasteiger partial charge in [0, 0.05) is 18.2 Å². The molecule has 1 aliphatic carbocycles. The molecule has 2 aromatic heterocycles. The maximum absolute atomic E-state index is 13.4. The normalized spacial score (nSPS) is 20.5. The summed E-state index contributed by atoms with van der Waals surface area (Å²) in [5, 5.41) is 8.91. The molecule has 0 amide bonds. The Balaban J connectivity index is 1.61. The molecule has 1 saturated carbocycles. The Morgan fingerprint density at radius 1 is 1.17 bits per heavy atom. The highest BCUT2D eigenvalue weighted by Crippen LogP contribution is 2.38. The minimum absolute atomic E-state index is 0.104. The van der Waals surface area contributed by atoms with Crippen molar-refractivity contribution in [3.63, 3.8) is 0 Å². The van der Waals surface area contributed by atoms with Gasteiger partial charge in [-0.25, -0.2) is 19.0 Å². The Bertz CT molecular complexity index is 913. The molecule has 1 atom stereocenters. The second-order valence-electron chi connectivity index (χ2n) is 6.69. The fourth-order valence-corrected chi connectivity index (χ4v) is 4.13. The number of nitrogens with zero attached hydrogens (tertiary/aromatic N) is 4. The summed E-state index contributed by atoms with van der Waals surface area (Å²) >= 11 is 0. The van der Waals surface area contributed by atoms with Crippen LogP contribution in [0.25, 0.3) is 11.0 Å². The van der Waals surface area contributed by atoms with E-state index in [9.17, 15) is 4.39 Å². The molecular formula is C18H18FN5. The van der Waals surface area contributed by atoms with Gasteiger partial charge in [0.2, 0.25) is 0 Å². The molecule has 0 radical (unpaired) electrons. The van der Waals surface area contributed by atoms with E-state index in [1.165, 1.54) is 31.7 Å². The average molecular weight is 323 g/mol. The van der Waals surface area contributed by atoms with Gasteiger partial charge in [0.15, 0.2) is 5.65 Å². The zero-order valence-corrected chi connectivity index (χ0v) is 13.2. The van der Waals surface area contributed by atoms with Crippen molar-refractivity contribution in [3.8, 4) is 0 Å². The van der Waals surface area contributed by atoms with Crippen molar-refractivity contribution in [2.75, 3.05) is 11.9 Å². The second kappa shape index (κ2) is 5.26. The van der Waals surface area contributed by atoms with Crippen LogP contribution < -0.4 is 5.32 Å². The standard InChI is InChI=1S/C18H18FN5/c19-11-5-6-13-14(8-20-16(13)7-11)17-15-9-23-24(12-3-1-2-4-12)18(15)22-10-21-17/h5-7,9-10,12,14,20H,1-4,8H2. The van der Waals surface area contributed by atoms with E-state index in [4.69, 9.17) is 0 Å². The van der Waals surface area contributed by atoms with Crippen molar-refractivity contribution < 1.29 is 4.39 Å². The lowest BCUT2D eigenvalue weighted by atomic mass is 9.96. The predicted octanol–water partition coefficient (Wildman–Crippen LogP) is 3.64. The number of fused-ring (bicyclic) bond motifs is 2. The average Bonchev–Trinajstić information content (AvgIpc) is 3.32. The van der Waals surface area contributed by atoms with Crippen LogP contribution in [0.1, 0.15) is 48.9 Å². The third kappa shape index (κ3) is 2.02. The maximum atomic E-state index is 13.4. The zero-order valence-electron chi connectivity index (χ0n) is 13.2. The van der Waals surface area contributed by atoms with E-state index in [1.54, 1.807) is 12.4 Å². The van der Waals surface area contributed by atoms with Gasteiger partial charge in [0.25, 0.3) is 0 Å². The molecule has 0 saturated heterocycles. The number of hydrogen-bond donors (Lipinski definition) is 1. The van der Waals surface area contributed by atoms with Crippen LogP contribution in [-0.2, 0) is 0 Å². The molecule has 0 spiro atoms. The Hall–Kier alpha value is -2.50. The summed E-state index contributed by atoms with van der Waals surface area (Å²) < 4.78 is 15.5. The first-order chi connectivity index (χ1) is 11.8. The van der Waals surface area contributed by atoms with Crippen molar-refractivity contribution in [2.24, 2.45) is 0 Å². The van der Waals surface area contributed by atoms with Gasteiger partial charge in [-0.05, 0) is 30.5 Å². The first kappa shape index (κ1) is 13.9. The van der Waals surface area contributed by atoms with Crippen LogP contribution in [0.3, 0.4) is 0 Å². The lowest BCUT2D eigenvalue weighted by Crippen LogP contribution is -2.09. The molecule has 24 heavy (non-hydrogen) atoms. The Kier molecular flexibility index (Phi) is 3.04. The van der Waals surface area contributed by atoms with E-state index >= 15 is 0 Å². The monoisotopic (exact) mass is 323 g/mol. The fourth-order valence-electron chi connectivity index (χ4n) is 4.13. The number of hydrogen-bond acceptors (Lipinski definition) is 4. The van der Waals surface area contributed by atoms with Gasteiger partial charge < -0.3 is 5.32 Å². The number of nitrogens with one attached hydrogen (secondary N) is 1. The highest BCUT2D eigenvalue weighted by molar-refractivity contribution is 5.79. The van der Waals surface area contributed by atoms with Gasteiger partial charge in [0.05, 0.1) is 23.3 Å². The van der Waals surface area contributed by atoms with Crippen molar-refractivity contribution >= 4 is 16.7 Å². The molecule has 2 aliphatic rings. The van der Waals surface area contributed by atoms with E-state index in [2.05, 4.69) is 25.1 Å². The summed E-state index contributed by atoms with van der Waals surface area (Å²) in [6, 6.07) is 5.37. The van der Waals surface area contributed by atoms with E-state index in [0.717, 1.165) is 34.5 Å². The lowest BCUT2D eigenvalue weighted by molar-refractivity contribution is 0.478. The topological polar surface area (TPSA) is 55.6 Å². The van der Waals surface area contributed by atoms with Gasteiger partial charge in [-0.1, -0.05) is 18.9 Å². The van der Waals surface area contributed by atoms with Crippen molar-refractivity contribution in [2.45, 2.75) is 37.6 Å².